The maximum Gasteiger partial charge on any atom is 0.229 e. The second kappa shape index (κ2) is 17.4. The van der Waals surface area contributed by atoms with Gasteiger partial charge in [-0.2, -0.15) is 20.2 Å². The maximum atomic E-state index is 6.02. The monoisotopic (exact) mass is 848 g/mol. The van der Waals surface area contributed by atoms with Gasteiger partial charge >= 0.3 is 0 Å². The molecule has 320 valence electrons. The number of nitrogens with two attached hydrogens (primary N) is 1. The molecule has 16 nitrogen and oxygen atoms in total. The van der Waals surface area contributed by atoms with Crippen LogP contribution in [0.5, 0.6) is 23.0 Å². The lowest BCUT2D eigenvalue weighted by atomic mass is 9.95. The van der Waals surface area contributed by atoms with Gasteiger partial charge in [-0.15, -0.1) is 0 Å². The summed E-state index contributed by atoms with van der Waals surface area (Å²) >= 11 is 5.83. The zero-order chi connectivity index (χ0) is 42.7. The summed E-state index contributed by atoms with van der Waals surface area (Å²) in [5.41, 5.74) is 11.4. The average Bonchev–Trinajstić information content (AvgIpc) is 4.12. The minimum Gasteiger partial charge on any atom is -0.496 e. The van der Waals surface area contributed by atoms with Crippen molar-refractivity contribution in [2.75, 3.05) is 62.4 Å². The first-order chi connectivity index (χ1) is 29.5. The van der Waals surface area contributed by atoms with Crippen LogP contribution in [0.25, 0.3) is 22.3 Å². The molecule has 0 amide bonds. The van der Waals surface area contributed by atoms with E-state index in [0.717, 1.165) is 82.0 Å². The number of fused-ring (bicyclic) bond motifs is 2. The molecular formula is C44H53ClN12O4. The molecule has 2 saturated carbocycles. The summed E-state index contributed by atoms with van der Waals surface area (Å²) in [6.07, 6.45) is 20.6. The van der Waals surface area contributed by atoms with E-state index in [2.05, 4.69) is 54.4 Å². The molecule has 0 atom stereocenters. The zero-order valence-electron chi connectivity index (χ0n) is 35.6. The number of nitrogens with one attached hydrogen (secondary N) is 1. The SMILES string of the molecule is CN1c2nc(Cl)ncc2OCC12CCCC2.COc1cc(N)ccc1-c1cnn(C)c1.COc1cc(Nc2ncc3c(n2)N(C)C2(CCCC2)CO3)ccc1-c1cnn(C)c1. The number of nitrogens with zero attached hydrogens (tertiary/aromatic N) is 10. The van der Waals surface area contributed by atoms with Crippen molar-refractivity contribution >= 4 is 40.6 Å². The van der Waals surface area contributed by atoms with Gasteiger partial charge in [0.15, 0.2) is 23.1 Å². The van der Waals surface area contributed by atoms with E-state index < -0.39 is 0 Å². The fraction of sp³-hybridized carbons (Fsp3) is 0.409. The molecule has 0 saturated heterocycles. The summed E-state index contributed by atoms with van der Waals surface area (Å²) in [7, 11) is 11.3. The molecule has 10 rings (SSSR count). The highest BCUT2D eigenvalue weighted by molar-refractivity contribution is 6.28. The van der Waals surface area contributed by atoms with Gasteiger partial charge in [0, 0.05) is 86.3 Å². The summed E-state index contributed by atoms with van der Waals surface area (Å²) in [5.74, 6) is 5.22. The lowest BCUT2D eigenvalue weighted by Crippen LogP contribution is -2.52. The Hall–Kier alpha value is -6.29. The number of methoxy groups -OCH3 is 2. The number of likely N-dealkylation sites (N-methyl/N-ethyl adjacent to an activating group) is 2. The first-order valence-electron chi connectivity index (χ1n) is 20.5. The standard InChI is InChI=1S/C22H26N6O2.C11H14ClN3O.C11H13N3O/c1-27-13-15(11-24-27)17-7-6-16(10-18(17)29-3)25-21-23-12-19-20(26-21)28(2)22(14-30-19)8-4-5-9-22;1-15-9-8(6-13-10(12)14-9)16-7-11(15)4-2-3-5-11;1-14-7-8(6-13-14)10-4-3-9(12)5-11(10)15-2/h6-7,10-13H,4-5,8-9,14H2,1-3H3,(H,23,25,26);6H,2-5,7H2,1H3;3-7H,12H2,1-2H3. The Labute approximate surface area is 361 Å². The predicted octanol–water partition coefficient (Wildman–Crippen LogP) is 7.72. The summed E-state index contributed by atoms with van der Waals surface area (Å²) in [6.45, 7) is 1.45. The number of rotatable bonds is 6. The highest BCUT2D eigenvalue weighted by Crippen LogP contribution is 2.45. The molecule has 17 heteroatoms. The number of anilines is 5. The Morgan fingerprint density at radius 2 is 1.18 bits per heavy atom. The molecule has 0 radical (unpaired) electrons. The number of hydrogen-bond donors (Lipinski definition) is 2. The van der Waals surface area contributed by atoms with E-state index in [9.17, 15) is 0 Å². The molecule has 0 bridgehead atoms. The number of aromatic nitrogens is 8. The van der Waals surface area contributed by atoms with Crippen LogP contribution in [-0.2, 0) is 14.1 Å². The van der Waals surface area contributed by atoms with Gasteiger partial charge < -0.3 is 39.8 Å². The summed E-state index contributed by atoms with van der Waals surface area (Å²) in [4.78, 5) is 22.0. The fourth-order valence-corrected chi connectivity index (χ4v) is 8.87. The van der Waals surface area contributed by atoms with Crippen LogP contribution in [-0.4, -0.2) is 92.1 Å². The third kappa shape index (κ3) is 8.54. The average molecular weight is 849 g/mol. The smallest absolute Gasteiger partial charge is 0.229 e. The van der Waals surface area contributed by atoms with E-state index in [1.165, 1.54) is 38.5 Å². The van der Waals surface area contributed by atoms with Gasteiger partial charge in [-0.1, -0.05) is 25.7 Å². The van der Waals surface area contributed by atoms with E-state index in [1.54, 1.807) is 42.2 Å². The Morgan fingerprint density at radius 1 is 0.672 bits per heavy atom. The van der Waals surface area contributed by atoms with Crippen molar-refractivity contribution in [1.82, 2.24) is 39.5 Å². The number of benzene rings is 2. The Balaban J connectivity index is 0.000000139. The molecule has 4 aromatic heterocycles. The van der Waals surface area contributed by atoms with Crippen molar-refractivity contribution in [3.8, 4) is 45.3 Å². The van der Waals surface area contributed by atoms with E-state index >= 15 is 0 Å². The van der Waals surface area contributed by atoms with E-state index in [4.69, 9.17) is 41.3 Å². The van der Waals surface area contributed by atoms with Crippen LogP contribution >= 0.6 is 11.6 Å². The van der Waals surface area contributed by atoms with E-state index in [1.807, 2.05) is 69.1 Å². The molecule has 2 aliphatic carbocycles. The molecular weight excluding hydrogens is 796 g/mol. The Morgan fingerprint density at radius 3 is 1.70 bits per heavy atom. The van der Waals surface area contributed by atoms with Crippen LogP contribution in [0.15, 0.2) is 73.6 Å². The third-order valence-corrected chi connectivity index (χ3v) is 12.5. The summed E-state index contributed by atoms with van der Waals surface area (Å²) in [5, 5.41) is 12.0. The first kappa shape index (κ1) is 41.4. The number of aryl methyl sites for hydroxylation is 2. The minimum absolute atomic E-state index is 0.0627. The van der Waals surface area contributed by atoms with Gasteiger partial charge in [0.1, 0.15) is 24.7 Å². The van der Waals surface area contributed by atoms with Gasteiger partial charge in [0.2, 0.25) is 11.2 Å². The van der Waals surface area contributed by atoms with E-state index in [-0.39, 0.29) is 16.4 Å². The lowest BCUT2D eigenvalue weighted by Gasteiger charge is -2.43. The number of nitrogen functional groups attached to an aromatic ring is 1. The number of hydrogen-bond acceptors (Lipinski definition) is 14. The quantitative estimate of drug-likeness (QED) is 0.123. The largest absolute Gasteiger partial charge is 0.496 e. The summed E-state index contributed by atoms with van der Waals surface area (Å²) in [6, 6.07) is 11.5. The highest BCUT2D eigenvalue weighted by Gasteiger charge is 2.44. The van der Waals surface area contributed by atoms with Crippen LogP contribution in [0.1, 0.15) is 51.4 Å². The normalized spacial score (nSPS) is 16.6. The van der Waals surface area contributed by atoms with Crippen molar-refractivity contribution in [3.05, 3.63) is 78.9 Å². The van der Waals surface area contributed by atoms with Gasteiger partial charge in [-0.3, -0.25) is 9.36 Å². The lowest BCUT2D eigenvalue weighted by molar-refractivity contribution is 0.192. The molecule has 6 heterocycles. The van der Waals surface area contributed by atoms with Crippen molar-refractivity contribution in [2.24, 2.45) is 14.1 Å². The molecule has 61 heavy (non-hydrogen) atoms. The van der Waals surface area contributed by atoms with Crippen molar-refractivity contribution in [3.63, 3.8) is 0 Å². The fourth-order valence-electron chi connectivity index (χ4n) is 8.74. The second-order valence-electron chi connectivity index (χ2n) is 16.1. The Bertz CT molecular complexity index is 2480. The molecule has 4 aliphatic rings. The molecule has 2 aliphatic heterocycles. The zero-order valence-corrected chi connectivity index (χ0v) is 36.3. The van der Waals surface area contributed by atoms with Gasteiger partial charge in [-0.25, -0.2) is 9.97 Å². The number of halogens is 1. The topological polar surface area (TPSA) is 169 Å². The predicted molar refractivity (Wildman–Crippen MR) is 237 cm³/mol. The highest BCUT2D eigenvalue weighted by atomic mass is 35.5. The van der Waals surface area contributed by atoms with Crippen LogP contribution in [0.2, 0.25) is 5.28 Å². The molecule has 6 aromatic rings. The van der Waals surface area contributed by atoms with Crippen LogP contribution in [0.4, 0.5) is 29.0 Å². The molecule has 2 aromatic carbocycles. The van der Waals surface area contributed by atoms with E-state index in [0.29, 0.717) is 18.2 Å². The second-order valence-corrected chi connectivity index (χ2v) is 16.4. The van der Waals surface area contributed by atoms with Gasteiger partial charge in [-0.05, 0) is 61.5 Å². The first-order valence-corrected chi connectivity index (χ1v) is 20.9. The molecule has 2 fully saturated rings. The number of ether oxygens (including phenoxy) is 4. The van der Waals surface area contributed by atoms with Crippen LogP contribution < -0.4 is 39.8 Å². The van der Waals surface area contributed by atoms with Crippen LogP contribution in [0.3, 0.4) is 0 Å². The van der Waals surface area contributed by atoms with Gasteiger partial charge in [0.25, 0.3) is 0 Å². The summed E-state index contributed by atoms with van der Waals surface area (Å²) < 4.78 is 26.2. The van der Waals surface area contributed by atoms with Crippen LogP contribution in [0, 0.1) is 0 Å². The maximum absolute atomic E-state index is 6.02. The Kier molecular flexibility index (Phi) is 11.8. The molecule has 0 unspecified atom stereocenters. The third-order valence-electron chi connectivity index (χ3n) is 12.3. The van der Waals surface area contributed by atoms with Crippen molar-refractivity contribution in [2.45, 2.75) is 62.4 Å². The minimum atomic E-state index is 0.0627. The van der Waals surface area contributed by atoms with Crippen molar-refractivity contribution < 1.29 is 18.9 Å². The van der Waals surface area contributed by atoms with Crippen molar-refractivity contribution in [1.29, 1.82) is 0 Å². The van der Waals surface area contributed by atoms with Gasteiger partial charge in [0.05, 0.1) is 50.1 Å². The molecule has 3 N–H and O–H groups in total. The molecule has 2 spiro atoms.